The normalized spacial score (nSPS) is 36.5. The summed E-state index contributed by atoms with van der Waals surface area (Å²) in [7, 11) is 0. The topological polar surface area (TPSA) is 41.1 Å². The monoisotopic (exact) mass is 386 g/mol. The van der Waals surface area contributed by atoms with Gasteiger partial charge in [-0.1, -0.05) is 53.9 Å². The number of carbonyl (C=O) groups excluding carboxylic acids is 1. The largest absolute Gasteiger partial charge is 0.373 e. The van der Waals surface area contributed by atoms with E-state index in [1.54, 1.807) is 0 Å². The molecule has 0 radical (unpaired) electrons. The van der Waals surface area contributed by atoms with E-state index in [1.807, 2.05) is 0 Å². The predicted molar refractivity (Wildman–Crippen MR) is 116 cm³/mol. The van der Waals surface area contributed by atoms with E-state index in [9.17, 15) is 4.79 Å². The molecular weight excluding hydrogens is 344 g/mol. The molecule has 0 aromatic carbocycles. The number of hydrogen-bond acceptors (Lipinski definition) is 3. The Balaban J connectivity index is 1.74. The summed E-state index contributed by atoms with van der Waals surface area (Å²) in [6.45, 7) is 12.8. The summed E-state index contributed by atoms with van der Waals surface area (Å²) < 4.78 is 0. The molecule has 0 aromatic heterocycles. The average molecular weight is 387 g/mol. The molecule has 4 atom stereocenters. The van der Waals surface area contributed by atoms with E-state index < -0.39 is 0 Å². The zero-order chi connectivity index (χ0) is 20.1. The maximum atomic E-state index is 13.4. The molecule has 3 heteroatoms. The van der Waals surface area contributed by atoms with Crippen LogP contribution >= 0.6 is 0 Å². The molecule has 28 heavy (non-hydrogen) atoms. The van der Waals surface area contributed by atoms with Gasteiger partial charge in [0.2, 0.25) is 0 Å². The lowest BCUT2D eigenvalue weighted by Gasteiger charge is -2.54. The van der Waals surface area contributed by atoms with Gasteiger partial charge < -0.3 is 5.32 Å². The standard InChI is InChI=1S/C25H42N2O/c1-24(2,3)13-17-11-12-26-23-21(17)20(16-9-7-6-8-10-16)22-18(27-23)14-25(4,5)15-19(22)28/h16-17,20-21,23,26-27H,6-15H2,1-5H3. The molecule has 1 saturated heterocycles. The second kappa shape index (κ2) is 7.45. The lowest BCUT2D eigenvalue weighted by atomic mass is 9.58. The number of nitrogens with one attached hydrogen (secondary N) is 2. The van der Waals surface area contributed by atoms with Crippen LogP contribution in [0.3, 0.4) is 0 Å². The number of hydrogen-bond donors (Lipinski definition) is 2. The molecule has 2 aliphatic carbocycles. The Morgan fingerprint density at radius 3 is 2.43 bits per heavy atom. The smallest absolute Gasteiger partial charge is 0.161 e. The van der Waals surface area contributed by atoms with Crippen LogP contribution in [0.5, 0.6) is 0 Å². The summed E-state index contributed by atoms with van der Waals surface area (Å²) in [5.41, 5.74) is 2.96. The second-order valence-electron chi connectivity index (χ2n) is 12.2. The van der Waals surface area contributed by atoms with E-state index in [1.165, 1.54) is 56.2 Å². The number of allylic oxidation sites excluding steroid dienone is 2. The first-order valence-corrected chi connectivity index (χ1v) is 11.9. The quantitative estimate of drug-likeness (QED) is 0.666. The molecule has 0 spiro atoms. The van der Waals surface area contributed by atoms with Crippen LogP contribution in [0.4, 0.5) is 0 Å². The molecular formula is C25H42N2O. The molecule has 0 aromatic rings. The van der Waals surface area contributed by atoms with Crippen molar-refractivity contribution >= 4 is 5.78 Å². The molecule has 2 fully saturated rings. The van der Waals surface area contributed by atoms with Gasteiger partial charge in [0.15, 0.2) is 5.78 Å². The molecule has 4 aliphatic rings. The van der Waals surface area contributed by atoms with Crippen LogP contribution in [-0.4, -0.2) is 18.5 Å². The first-order chi connectivity index (χ1) is 13.1. The van der Waals surface area contributed by atoms with Gasteiger partial charge in [-0.3, -0.25) is 10.1 Å². The SMILES string of the molecule is CC(C)(C)CC1CCNC2NC3=C(C(=O)CC(C)(C)C3)C(C3CCCCC3)C12. The minimum Gasteiger partial charge on any atom is -0.373 e. The molecule has 2 heterocycles. The third-order valence-electron chi connectivity index (χ3n) is 7.84. The summed E-state index contributed by atoms with van der Waals surface area (Å²) in [5, 5.41) is 7.70. The van der Waals surface area contributed by atoms with Gasteiger partial charge in [0.05, 0.1) is 6.17 Å². The van der Waals surface area contributed by atoms with E-state index in [-0.39, 0.29) is 5.41 Å². The van der Waals surface area contributed by atoms with E-state index in [0.717, 1.165) is 19.4 Å². The Labute approximate surface area is 172 Å². The fourth-order valence-corrected chi connectivity index (χ4v) is 6.97. The Hall–Kier alpha value is -0.830. The summed E-state index contributed by atoms with van der Waals surface area (Å²) in [6, 6.07) is 0. The fraction of sp³-hybridized carbons (Fsp3) is 0.880. The van der Waals surface area contributed by atoms with Crippen molar-refractivity contribution in [3.05, 3.63) is 11.3 Å². The van der Waals surface area contributed by atoms with Crippen LogP contribution < -0.4 is 10.6 Å². The van der Waals surface area contributed by atoms with Gasteiger partial charge in [-0.2, -0.15) is 0 Å². The zero-order valence-corrected chi connectivity index (χ0v) is 18.9. The maximum Gasteiger partial charge on any atom is 0.161 e. The van der Waals surface area contributed by atoms with Crippen LogP contribution in [0.1, 0.15) is 92.4 Å². The van der Waals surface area contributed by atoms with E-state index in [2.05, 4.69) is 45.3 Å². The Morgan fingerprint density at radius 2 is 1.75 bits per heavy atom. The van der Waals surface area contributed by atoms with Crippen molar-refractivity contribution in [2.75, 3.05) is 6.54 Å². The molecule has 0 amide bonds. The van der Waals surface area contributed by atoms with Gasteiger partial charge in [0.25, 0.3) is 0 Å². The number of ketones is 1. The zero-order valence-electron chi connectivity index (χ0n) is 18.9. The highest BCUT2D eigenvalue weighted by molar-refractivity contribution is 5.98. The van der Waals surface area contributed by atoms with Gasteiger partial charge in [-0.25, -0.2) is 0 Å². The van der Waals surface area contributed by atoms with Gasteiger partial charge in [0, 0.05) is 23.6 Å². The third-order valence-corrected chi connectivity index (χ3v) is 7.84. The fourth-order valence-electron chi connectivity index (χ4n) is 6.97. The molecule has 2 aliphatic heterocycles. The van der Waals surface area contributed by atoms with Crippen LogP contribution in [0.2, 0.25) is 0 Å². The van der Waals surface area contributed by atoms with Crippen molar-refractivity contribution in [3.63, 3.8) is 0 Å². The molecule has 158 valence electrons. The van der Waals surface area contributed by atoms with Crippen molar-refractivity contribution in [1.82, 2.24) is 10.6 Å². The van der Waals surface area contributed by atoms with Crippen molar-refractivity contribution < 1.29 is 4.79 Å². The molecule has 4 unspecified atom stereocenters. The molecule has 2 N–H and O–H groups in total. The maximum absolute atomic E-state index is 13.4. The van der Waals surface area contributed by atoms with Crippen molar-refractivity contribution in [2.24, 2.45) is 34.5 Å². The summed E-state index contributed by atoms with van der Waals surface area (Å²) >= 11 is 0. The number of fused-ring (bicyclic) bond motifs is 1. The highest BCUT2D eigenvalue weighted by atomic mass is 16.1. The lowest BCUT2D eigenvalue weighted by Crippen LogP contribution is -2.62. The minimum atomic E-state index is 0.0896. The van der Waals surface area contributed by atoms with Crippen molar-refractivity contribution in [1.29, 1.82) is 0 Å². The summed E-state index contributed by atoms with van der Waals surface area (Å²) in [6.07, 6.45) is 11.4. The summed E-state index contributed by atoms with van der Waals surface area (Å²) in [4.78, 5) is 13.4. The number of Topliss-reactive ketones (excluding diaryl/α,β-unsaturated/α-hetero) is 1. The third kappa shape index (κ3) is 4.06. The van der Waals surface area contributed by atoms with Gasteiger partial charge in [-0.15, -0.1) is 0 Å². The Bertz CT molecular complexity index is 635. The predicted octanol–water partition coefficient (Wildman–Crippen LogP) is 5.42. The van der Waals surface area contributed by atoms with E-state index in [4.69, 9.17) is 0 Å². The van der Waals surface area contributed by atoms with Gasteiger partial charge in [0.1, 0.15) is 0 Å². The Morgan fingerprint density at radius 1 is 1.04 bits per heavy atom. The van der Waals surface area contributed by atoms with Crippen molar-refractivity contribution in [2.45, 2.75) is 98.6 Å². The highest BCUT2D eigenvalue weighted by Gasteiger charge is 2.51. The van der Waals surface area contributed by atoms with Crippen LogP contribution in [0.15, 0.2) is 11.3 Å². The molecule has 1 saturated carbocycles. The van der Waals surface area contributed by atoms with Crippen LogP contribution in [0, 0.1) is 34.5 Å². The van der Waals surface area contributed by atoms with E-state index >= 15 is 0 Å². The second-order valence-corrected chi connectivity index (χ2v) is 12.2. The Kier molecular flexibility index (Phi) is 5.44. The minimum absolute atomic E-state index is 0.0896. The number of carbonyl (C=O) groups is 1. The van der Waals surface area contributed by atoms with Crippen molar-refractivity contribution in [3.8, 4) is 0 Å². The molecule has 0 bridgehead atoms. The first kappa shape index (κ1) is 20.4. The van der Waals surface area contributed by atoms with Gasteiger partial charge >= 0.3 is 0 Å². The molecule has 3 nitrogen and oxygen atoms in total. The van der Waals surface area contributed by atoms with Crippen LogP contribution in [0.25, 0.3) is 0 Å². The highest BCUT2D eigenvalue weighted by Crippen LogP contribution is 2.52. The van der Waals surface area contributed by atoms with Crippen LogP contribution in [-0.2, 0) is 4.79 Å². The van der Waals surface area contributed by atoms with E-state index in [0.29, 0.717) is 41.0 Å². The van der Waals surface area contributed by atoms with Gasteiger partial charge in [-0.05, 0) is 67.2 Å². The number of rotatable bonds is 2. The number of piperidine rings is 1. The lowest BCUT2D eigenvalue weighted by molar-refractivity contribution is -0.120. The summed E-state index contributed by atoms with van der Waals surface area (Å²) in [5.74, 6) is 2.92. The average Bonchev–Trinajstić information content (AvgIpc) is 2.58. The first-order valence-electron chi connectivity index (χ1n) is 11.9. The molecule has 4 rings (SSSR count).